The van der Waals surface area contributed by atoms with Gasteiger partial charge in [0.1, 0.15) is 0 Å². The minimum absolute atomic E-state index is 0.0384. The molecule has 0 aliphatic carbocycles. The Morgan fingerprint density at radius 1 is 1.16 bits per heavy atom. The van der Waals surface area contributed by atoms with Crippen LogP contribution in [0.1, 0.15) is 26.5 Å². The molecule has 1 amide bonds. The predicted molar refractivity (Wildman–Crippen MR) is 113 cm³/mol. The van der Waals surface area contributed by atoms with Gasteiger partial charge in [-0.2, -0.15) is 0 Å². The van der Waals surface area contributed by atoms with Gasteiger partial charge in [-0.1, -0.05) is 23.9 Å². The van der Waals surface area contributed by atoms with Gasteiger partial charge in [-0.25, -0.2) is 0 Å². The van der Waals surface area contributed by atoms with E-state index in [1.165, 1.54) is 24.3 Å². The quantitative estimate of drug-likeness (QED) is 0.235. The molecule has 0 atom stereocenters. The van der Waals surface area contributed by atoms with Gasteiger partial charge in [0.2, 0.25) is 6.79 Å². The largest absolute Gasteiger partial charge is 0.454 e. The Kier molecular flexibility index (Phi) is 6.03. The number of nitro benzene ring substituents is 1. The Balaban J connectivity index is 1.34. The summed E-state index contributed by atoms with van der Waals surface area (Å²) >= 11 is 1.16. The fourth-order valence-corrected chi connectivity index (χ4v) is 3.75. The maximum absolute atomic E-state index is 12.4. The van der Waals surface area contributed by atoms with Crippen LogP contribution < -0.4 is 14.8 Å². The molecular weight excluding hydrogens is 438 g/mol. The Labute approximate surface area is 185 Å². The fraction of sp³-hybridized carbons (Fsp3) is 0.200. The summed E-state index contributed by atoms with van der Waals surface area (Å²) in [5.74, 6) is 1.08. The minimum Gasteiger partial charge on any atom is -0.454 e. The molecule has 2 heterocycles. The molecule has 1 aromatic heterocycles. The number of amides is 1. The van der Waals surface area contributed by atoms with Crippen molar-refractivity contribution in [1.29, 1.82) is 0 Å². The van der Waals surface area contributed by atoms with Gasteiger partial charge in [-0.05, 0) is 18.2 Å². The number of aromatic nitrogens is 3. The number of Topliss-reactive ketones (excluding diaryl/α,β-unsaturated/α-hetero) is 1. The minimum atomic E-state index is -0.545. The summed E-state index contributed by atoms with van der Waals surface area (Å²) in [6, 6.07) is 10.5. The van der Waals surface area contributed by atoms with Crippen LogP contribution in [0.4, 0.5) is 5.69 Å². The molecule has 3 aromatic rings. The first kappa shape index (κ1) is 21.3. The molecule has 0 saturated heterocycles. The molecule has 0 fully saturated rings. The number of fused-ring (bicyclic) bond motifs is 1. The summed E-state index contributed by atoms with van der Waals surface area (Å²) < 4.78 is 12.2. The Bertz CT molecular complexity index is 1210. The van der Waals surface area contributed by atoms with Crippen LogP contribution in [0.15, 0.2) is 47.6 Å². The molecule has 1 N–H and O–H groups in total. The molecule has 0 bridgehead atoms. The average Bonchev–Trinajstić information content (AvgIpc) is 3.41. The standard InChI is InChI=1S/C20H17N5O6S/c1-24-18(9-21-19(27)13-5-6-16-17(8-13)31-11-30-16)22-23-20(24)32-10-15(26)12-3-2-4-14(7-12)25(28)29/h2-8H,9-11H2,1H3,(H,21,27). The number of ketones is 1. The molecule has 2 aromatic carbocycles. The summed E-state index contributed by atoms with van der Waals surface area (Å²) in [7, 11) is 1.72. The molecule has 1 aliphatic heterocycles. The van der Waals surface area contributed by atoms with Gasteiger partial charge in [-0.15, -0.1) is 10.2 Å². The third-order valence-corrected chi connectivity index (χ3v) is 5.70. The molecule has 0 spiro atoms. The van der Waals surface area contributed by atoms with Crippen LogP contribution in [0, 0.1) is 10.1 Å². The molecule has 12 heteroatoms. The highest BCUT2D eigenvalue weighted by molar-refractivity contribution is 7.99. The van der Waals surface area contributed by atoms with E-state index in [2.05, 4.69) is 15.5 Å². The van der Waals surface area contributed by atoms with Crippen molar-refractivity contribution in [2.75, 3.05) is 12.5 Å². The molecule has 32 heavy (non-hydrogen) atoms. The van der Waals surface area contributed by atoms with Gasteiger partial charge in [0.25, 0.3) is 11.6 Å². The van der Waals surface area contributed by atoms with Crippen LogP contribution in [0.3, 0.4) is 0 Å². The number of rotatable bonds is 8. The van der Waals surface area contributed by atoms with Gasteiger partial charge >= 0.3 is 0 Å². The molecule has 164 valence electrons. The Morgan fingerprint density at radius 2 is 1.97 bits per heavy atom. The van der Waals surface area contributed by atoms with E-state index in [0.29, 0.717) is 28.0 Å². The average molecular weight is 455 g/mol. The van der Waals surface area contributed by atoms with E-state index in [1.807, 2.05) is 0 Å². The summed E-state index contributed by atoms with van der Waals surface area (Å²) in [5.41, 5.74) is 0.540. The molecule has 0 unspecified atom stereocenters. The third kappa shape index (κ3) is 4.54. The zero-order valence-electron chi connectivity index (χ0n) is 16.8. The smallest absolute Gasteiger partial charge is 0.270 e. The normalized spacial score (nSPS) is 11.9. The summed E-state index contributed by atoms with van der Waals surface area (Å²) in [4.78, 5) is 35.1. The van der Waals surface area contributed by atoms with Crippen molar-refractivity contribution < 1.29 is 24.0 Å². The lowest BCUT2D eigenvalue weighted by Crippen LogP contribution is -2.24. The van der Waals surface area contributed by atoms with E-state index in [0.717, 1.165) is 11.8 Å². The first-order chi connectivity index (χ1) is 15.4. The fourth-order valence-electron chi connectivity index (χ4n) is 2.93. The second-order valence-electron chi connectivity index (χ2n) is 6.73. The predicted octanol–water partition coefficient (Wildman–Crippen LogP) is 2.36. The second kappa shape index (κ2) is 9.06. The van der Waals surface area contributed by atoms with Gasteiger partial charge in [0.15, 0.2) is 28.3 Å². The molecule has 1 aliphatic rings. The van der Waals surface area contributed by atoms with Crippen molar-refractivity contribution in [2.24, 2.45) is 7.05 Å². The van der Waals surface area contributed by atoms with Crippen molar-refractivity contribution >= 4 is 29.1 Å². The van der Waals surface area contributed by atoms with Gasteiger partial charge in [0, 0.05) is 30.3 Å². The summed E-state index contributed by atoms with van der Waals surface area (Å²) in [6.07, 6.45) is 0. The maximum atomic E-state index is 12.4. The van der Waals surface area contributed by atoms with Crippen LogP contribution in [0.5, 0.6) is 11.5 Å². The number of nitrogens with one attached hydrogen (secondary N) is 1. The van der Waals surface area contributed by atoms with E-state index in [-0.39, 0.29) is 42.0 Å². The first-order valence-electron chi connectivity index (χ1n) is 9.39. The van der Waals surface area contributed by atoms with Crippen LogP contribution in [-0.2, 0) is 13.6 Å². The highest BCUT2D eigenvalue weighted by Gasteiger charge is 2.18. The summed E-state index contributed by atoms with van der Waals surface area (Å²) in [5, 5.41) is 22.2. The van der Waals surface area contributed by atoms with Crippen molar-refractivity contribution in [3.05, 3.63) is 69.5 Å². The van der Waals surface area contributed by atoms with E-state index >= 15 is 0 Å². The van der Waals surface area contributed by atoms with Crippen molar-refractivity contribution in [1.82, 2.24) is 20.1 Å². The zero-order chi connectivity index (χ0) is 22.7. The first-order valence-corrected chi connectivity index (χ1v) is 10.4. The zero-order valence-corrected chi connectivity index (χ0v) is 17.6. The lowest BCUT2D eigenvalue weighted by atomic mass is 10.1. The van der Waals surface area contributed by atoms with Crippen molar-refractivity contribution in [3.63, 3.8) is 0 Å². The van der Waals surface area contributed by atoms with Gasteiger partial charge in [0.05, 0.1) is 17.2 Å². The molecule has 11 nitrogen and oxygen atoms in total. The number of carbonyl (C=O) groups is 2. The van der Waals surface area contributed by atoms with E-state index in [1.54, 1.807) is 29.8 Å². The Morgan fingerprint density at radius 3 is 2.78 bits per heavy atom. The second-order valence-corrected chi connectivity index (χ2v) is 7.67. The van der Waals surface area contributed by atoms with Crippen LogP contribution in [0.2, 0.25) is 0 Å². The van der Waals surface area contributed by atoms with Crippen molar-refractivity contribution in [2.45, 2.75) is 11.7 Å². The van der Waals surface area contributed by atoms with E-state index < -0.39 is 4.92 Å². The number of hydrogen-bond donors (Lipinski definition) is 1. The van der Waals surface area contributed by atoms with Crippen LogP contribution in [0.25, 0.3) is 0 Å². The highest BCUT2D eigenvalue weighted by Crippen LogP contribution is 2.32. The van der Waals surface area contributed by atoms with Crippen LogP contribution in [-0.4, -0.2) is 43.9 Å². The van der Waals surface area contributed by atoms with E-state index in [9.17, 15) is 19.7 Å². The van der Waals surface area contributed by atoms with Gasteiger partial charge in [-0.3, -0.25) is 19.7 Å². The number of nitro groups is 1. The number of thioether (sulfide) groups is 1. The highest BCUT2D eigenvalue weighted by atomic mass is 32.2. The van der Waals surface area contributed by atoms with Gasteiger partial charge < -0.3 is 19.4 Å². The summed E-state index contributed by atoms with van der Waals surface area (Å²) in [6.45, 7) is 0.264. The SMILES string of the molecule is Cn1c(CNC(=O)c2ccc3c(c2)OCO3)nnc1SCC(=O)c1cccc([N+](=O)[O-])c1. The number of benzene rings is 2. The number of ether oxygens (including phenoxy) is 2. The Hall–Kier alpha value is -3.93. The number of non-ortho nitro benzene ring substituents is 1. The van der Waals surface area contributed by atoms with Crippen LogP contribution >= 0.6 is 11.8 Å². The monoisotopic (exact) mass is 455 g/mol. The molecular formula is C20H17N5O6S. The van der Waals surface area contributed by atoms with E-state index in [4.69, 9.17) is 9.47 Å². The number of hydrogen-bond acceptors (Lipinski definition) is 9. The topological polar surface area (TPSA) is 138 Å². The third-order valence-electron chi connectivity index (χ3n) is 4.68. The molecule has 0 saturated carbocycles. The van der Waals surface area contributed by atoms with Crippen molar-refractivity contribution in [3.8, 4) is 11.5 Å². The lowest BCUT2D eigenvalue weighted by molar-refractivity contribution is -0.384. The lowest BCUT2D eigenvalue weighted by Gasteiger charge is -2.07. The maximum Gasteiger partial charge on any atom is 0.270 e. The molecule has 4 rings (SSSR count). The number of nitrogens with zero attached hydrogens (tertiary/aromatic N) is 4. The number of carbonyl (C=O) groups excluding carboxylic acids is 2. The molecule has 0 radical (unpaired) electrons.